The van der Waals surface area contributed by atoms with Gasteiger partial charge in [-0.05, 0) is 30.7 Å². The fourth-order valence-electron chi connectivity index (χ4n) is 1.22. The minimum absolute atomic E-state index is 0.276. The van der Waals surface area contributed by atoms with Gasteiger partial charge in [-0.15, -0.1) is 0 Å². The zero-order chi connectivity index (χ0) is 13.5. The summed E-state index contributed by atoms with van der Waals surface area (Å²) >= 11 is 0. The number of benzene rings is 1. The number of nitrogens with one attached hydrogen (secondary N) is 1. The number of aldehydes is 1. The average Bonchev–Trinajstić information content (AvgIpc) is 2.37. The SMILES string of the molecule is Cc1cc(C#CC(F)C(C=O)NC#N)ccc1F. The number of nitrogens with zero attached hydrogens (tertiary/aromatic N) is 1. The lowest BCUT2D eigenvalue weighted by Gasteiger charge is -2.06. The molecule has 0 radical (unpaired) electrons. The number of halogens is 2. The Labute approximate surface area is 103 Å². The molecule has 0 saturated heterocycles. The van der Waals surface area contributed by atoms with E-state index in [1.54, 1.807) is 6.92 Å². The lowest BCUT2D eigenvalue weighted by Crippen LogP contribution is -2.35. The molecule has 0 aliphatic carbocycles. The summed E-state index contributed by atoms with van der Waals surface area (Å²) in [4.78, 5) is 10.5. The molecule has 92 valence electrons. The molecule has 0 amide bonds. The van der Waals surface area contributed by atoms with Crippen molar-refractivity contribution in [2.75, 3.05) is 0 Å². The molecular formula is C13H10F2N2O. The van der Waals surface area contributed by atoms with Gasteiger partial charge in [0.2, 0.25) is 0 Å². The Kier molecular flexibility index (Phi) is 4.83. The van der Waals surface area contributed by atoms with Crippen LogP contribution in [0.25, 0.3) is 0 Å². The standard InChI is InChI=1S/C13H10F2N2O/c1-9-6-10(2-4-11(9)14)3-5-12(15)13(7-18)17-8-16/h2,4,6-7,12-13,17H,1H3. The fourth-order valence-corrected chi connectivity index (χ4v) is 1.22. The number of aryl methyl sites for hydroxylation is 1. The predicted molar refractivity (Wildman–Crippen MR) is 61.5 cm³/mol. The predicted octanol–water partition coefficient (Wildman–Crippen LogP) is 1.46. The van der Waals surface area contributed by atoms with E-state index < -0.39 is 12.2 Å². The van der Waals surface area contributed by atoms with Crippen molar-refractivity contribution in [2.45, 2.75) is 19.1 Å². The molecular weight excluding hydrogens is 238 g/mol. The molecule has 0 aliphatic rings. The second-order valence-corrected chi connectivity index (χ2v) is 3.55. The van der Waals surface area contributed by atoms with Crippen LogP contribution in [-0.4, -0.2) is 18.5 Å². The number of rotatable bonds is 3. The van der Waals surface area contributed by atoms with Crippen molar-refractivity contribution in [3.8, 4) is 18.0 Å². The minimum Gasteiger partial charge on any atom is -0.310 e. The van der Waals surface area contributed by atoms with Crippen molar-refractivity contribution >= 4 is 6.29 Å². The van der Waals surface area contributed by atoms with Gasteiger partial charge >= 0.3 is 0 Å². The molecule has 1 N–H and O–H groups in total. The molecule has 0 bridgehead atoms. The molecule has 0 saturated carbocycles. The van der Waals surface area contributed by atoms with E-state index in [-0.39, 0.29) is 12.1 Å². The summed E-state index contributed by atoms with van der Waals surface area (Å²) in [5.41, 5.74) is 0.845. The van der Waals surface area contributed by atoms with Gasteiger partial charge in [0.05, 0.1) is 0 Å². The smallest absolute Gasteiger partial charge is 0.188 e. The summed E-state index contributed by atoms with van der Waals surface area (Å²) in [6, 6.07) is 2.83. The Balaban J connectivity index is 2.84. The Bertz CT molecular complexity index is 540. The Hall–Kier alpha value is -2.40. The van der Waals surface area contributed by atoms with Crippen molar-refractivity contribution in [1.82, 2.24) is 5.32 Å². The van der Waals surface area contributed by atoms with Crippen LogP contribution in [-0.2, 0) is 4.79 Å². The number of hydrogen-bond acceptors (Lipinski definition) is 3. The molecule has 1 aromatic rings. The van der Waals surface area contributed by atoms with Gasteiger partial charge in [-0.2, -0.15) is 5.26 Å². The van der Waals surface area contributed by atoms with E-state index in [4.69, 9.17) is 5.26 Å². The maximum atomic E-state index is 13.4. The molecule has 2 atom stereocenters. The number of carbonyl (C=O) groups excluding carboxylic acids is 1. The Morgan fingerprint density at radius 2 is 2.22 bits per heavy atom. The molecule has 5 heteroatoms. The summed E-state index contributed by atoms with van der Waals surface area (Å²) in [6.45, 7) is 1.57. The van der Waals surface area contributed by atoms with Crippen molar-refractivity contribution in [3.63, 3.8) is 0 Å². The summed E-state index contributed by atoms with van der Waals surface area (Å²) < 4.78 is 26.4. The summed E-state index contributed by atoms with van der Waals surface area (Å²) in [6.07, 6.45) is -0.0466. The fraction of sp³-hybridized carbons (Fsp3) is 0.231. The monoisotopic (exact) mass is 248 g/mol. The van der Waals surface area contributed by atoms with Crippen molar-refractivity contribution in [3.05, 3.63) is 35.1 Å². The first-order valence-electron chi connectivity index (χ1n) is 5.10. The van der Waals surface area contributed by atoms with E-state index >= 15 is 0 Å². The third kappa shape index (κ3) is 3.57. The number of carbonyl (C=O) groups is 1. The normalized spacial score (nSPS) is 12.6. The Morgan fingerprint density at radius 1 is 1.50 bits per heavy atom. The van der Waals surface area contributed by atoms with Crippen molar-refractivity contribution in [2.24, 2.45) is 0 Å². The van der Waals surface area contributed by atoms with Gasteiger partial charge < -0.3 is 10.1 Å². The van der Waals surface area contributed by atoms with Crippen LogP contribution in [0.3, 0.4) is 0 Å². The molecule has 0 fully saturated rings. The number of hydrogen-bond donors (Lipinski definition) is 1. The molecule has 0 aliphatic heterocycles. The van der Waals surface area contributed by atoms with Crippen molar-refractivity contribution in [1.29, 1.82) is 5.26 Å². The second kappa shape index (κ2) is 6.36. The topological polar surface area (TPSA) is 52.9 Å². The number of nitriles is 1. The van der Waals surface area contributed by atoms with Crippen LogP contribution in [0, 0.1) is 36.0 Å². The van der Waals surface area contributed by atoms with E-state index in [1.807, 2.05) is 5.32 Å². The van der Waals surface area contributed by atoms with Crippen LogP contribution in [0.4, 0.5) is 8.78 Å². The Morgan fingerprint density at radius 3 is 2.78 bits per heavy atom. The van der Waals surface area contributed by atoms with Gasteiger partial charge in [-0.3, -0.25) is 0 Å². The first-order valence-corrected chi connectivity index (χ1v) is 5.10. The highest BCUT2D eigenvalue weighted by Gasteiger charge is 2.16. The van der Waals surface area contributed by atoms with Crippen LogP contribution in [0.1, 0.15) is 11.1 Å². The lowest BCUT2D eigenvalue weighted by atomic mass is 10.1. The highest BCUT2D eigenvalue weighted by Crippen LogP contribution is 2.08. The highest BCUT2D eigenvalue weighted by molar-refractivity contribution is 5.60. The van der Waals surface area contributed by atoms with Crippen LogP contribution in [0.5, 0.6) is 0 Å². The van der Waals surface area contributed by atoms with E-state index in [2.05, 4.69) is 11.8 Å². The third-order valence-corrected chi connectivity index (χ3v) is 2.21. The van der Waals surface area contributed by atoms with Crippen LogP contribution >= 0.6 is 0 Å². The molecule has 0 spiro atoms. The first kappa shape index (κ1) is 13.7. The van der Waals surface area contributed by atoms with E-state index in [9.17, 15) is 13.6 Å². The van der Waals surface area contributed by atoms with Crippen LogP contribution in [0.15, 0.2) is 18.2 Å². The molecule has 18 heavy (non-hydrogen) atoms. The summed E-state index contributed by atoms with van der Waals surface area (Å²) in [7, 11) is 0. The van der Waals surface area contributed by atoms with Crippen LogP contribution < -0.4 is 5.32 Å². The second-order valence-electron chi connectivity index (χ2n) is 3.55. The zero-order valence-electron chi connectivity index (χ0n) is 9.58. The molecule has 0 aromatic heterocycles. The summed E-state index contributed by atoms with van der Waals surface area (Å²) in [5.74, 6) is 4.32. The number of alkyl halides is 1. The highest BCUT2D eigenvalue weighted by atomic mass is 19.1. The lowest BCUT2D eigenvalue weighted by molar-refractivity contribution is -0.110. The molecule has 2 unspecified atom stereocenters. The van der Waals surface area contributed by atoms with E-state index in [0.717, 1.165) is 0 Å². The molecule has 3 nitrogen and oxygen atoms in total. The quantitative estimate of drug-likeness (QED) is 0.381. The average molecular weight is 248 g/mol. The van der Waals surface area contributed by atoms with Gasteiger partial charge in [0.15, 0.2) is 12.4 Å². The summed E-state index contributed by atoms with van der Waals surface area (Å²) in [5, 5.41) is 10.3. The van der Waals surface area contributed by atoms with Gasteiger partial charge in [0.25, 0.3) is 0 Å². The van der Waals surface area contributed by atoms with E-state index in [0.29, 0.717) is 11.1 Å². The third-order valence-electron chi connectivity index (χ3n) is 2.21. The van der Waals surface area contributed by atoms with Gasteiger partial charge in [-0.25, -0.2) is 8.78 Å². The molecule has 1 aromatic carbocycles. The van der Waals surface area contributed by atoms with Gasteiger partial charge in [0.1, 0.15) is 18.1 Å². The van der Waals surface area contributed by atoms with Gasteiger partial charge in [0, 0.05) is 5.56 Å². The van der Waals surface area contributed by atoms with E-state index in [1.165, 1.54) is 24.4 Å². The van der Waals surface area contributed by atoms with Gasteiger partial charge in [-0.1, -0.05) is 11.8 Å². The maximum absolute atomic E-state index is 13.4. The molecule has 0 heterocycles. The van der Waals surface area contributed by atoms with Crippen LogP contribution in [0.2, 0.25) is 0 Å². The minimum atomic E-state index is -1.80. The zero-order valence-corrected chi connectivity index (χ0v) is 9.58. The van der Waals surface area contributed by atoms with Crippen molar-refractivity contribution < 1.29 is 13.6 Å². The largest absolute Gasteiger partial charge is 0.310 e. The first-order chi connectivity index (χ1) is 8.58. The molecule has 1 rings (SSSR count). The maximum Gasteiger partial charge on any atom is 0.188 e.